The van der Waals surface area contributed by atoms with Crippen LogP contribution in [0.5, 0.6) is 0 Å². The zero-order valence-corrected chi connectivity index (χ0v) is 19.6. The molecule has 10 nitrogen and oxygen atoms in total. The number of carbonyl (C=O) groups is 2. The summed E-state index contributed by atoms with van der Waals surface area (Å²) in [5.41, 5.74) is 9.71. The van der Waals surface area contributed by atoms with Gasteiger partial charge in [-0.1, -0.05) is 31.2 Å². The van der Waals surface area contributed by atoms with E-state index in [0.717, 1.165) is 11.1 Å². The van der Waals surface area contributed by atoms with Gasteiger partial charge < -0.3 is 19.8 Å². The van der Waals surface area contributed by atoms with Crippen LogP contribution in [0, 0.1) is 0 Å². The third kappa shape index (κ3) is 5.32. The highest BCUT2D eigenvalue weighted by Gasteiger charge is 2.17. The molecule has 0 aliphatic heterocycles. The molecular weight excluding hydrogens is 448 g/mol. The first-order chi connectivity index (χ1) is 16.9. The molecule has 0 fully saturated rings. The number of rotatable bonds is 7. The largest absolute Gasteiger partial charge is 0.461 e. The number of aromatic nitrogens is 4. The van der Waals surface area contributed by atoms with Crippen molar-refractivity contribution in [3.05, 3.63) is 65.9 Å². The van der Waals surface area contributed by atoms with E-state index in [1.165, 1.54) is 4.90 Å². The van der Waals surface area contributed by atoms with E-state index in [9.17, 15) is 9.59 Å². The van der Waals surface area contributed by atoms with Crippen molar-refractivity contribution in [1.29, 1.82) is 0 Å². The van der Waals surface area contributed by atoms with Gasteiger partial charge in [0.05, 0.1) is 11.9 Å². The number of amides is 1. The number of carbonyl (C=O) groups excluding carboxylic acids is 2. The summed E-state index contributed by atoms with van der Waals surface area (Å²) >= 11 is 0. The molecule has 0 atom stereocenters. The van der Waals surface area contributed by atoms with E-state index in [1.54, 1.807) is 63.6 Å². The lowest BCUT2D eigenvalue weighted by molar-refractivity contribution is -0.144. The highest BCUT2D eigenvalue weighted by atomic mass is 16.5. The number of nitrogens with two attached hydrogens (primary N) is 1. The number of nitrogens with zero attached hydrogens (tertiary/aromatic N) is 5. The molecule has 0 saturated carbocycles. The third-order valence-corrected chi connectivity index (χ3v) is 5.15. The monoisotopic (exact) mass is 472 g/mol. The van der Waals surface area contributed by atoms with E-state index < -0.39 is 0 Å². The second kappa shape index (κ2) is 10.1. The maximum atomic E-state index is 12.1. The number of esters is 1. The van der Waals surface area contributed by atoms with Crippen LogP contribution in [0.2, 0.25) is 0 Å². The van der Waals surface area contributed by atoms with Gasteiger partial charge in [-0.3, -0.25) is 9.59 Å². The average Bonchev–Trinajstić information content (AvgIpc) is 3.37. The fraction of sp³-hybridized carbons (Fsp3) is 0.200. The number of benzene rings is 2. The molecule has 0 aliphatic carbocycles. The predicted octanol–water partition coefficient (Wildman–Crippen LogP) is 3.60. The van der Waals surface area contributed by atoms with Crippen molar-refractivity contribution in [3.8, 4) is 34.3 Å². The van der Waals surface area contributed by atoms with Crippen LogP contribution in [0.4, 0.5) is 5.82 Å². The normalized spacial score (nSPS) is 10.7. The van der Waals surface area contributed by atoms with E-state index in [2.05, 4.69) is 20.2 Å². The molecule has 0 radical (unpaired) electrons. The molecule has 10 heteroatoms. The zero-order valence-electron chi connectivity index (χ0n) is 19.6. The summed E-state index contributed by atoms with van der Waals surface area (Å²) in [5.74, 6) is 0.225. The molecule has 4 rings (SSSR count). The SMILES string of the molecule is CCC(=O)OCc1ccc(-c2nnc(-c3nc(-c4ccc(C(=O)N(C)C)cc4)cnc3N)o2)cc1. The molecule has 4 aromatic rings. The number of anilines is 1. The minimum Gasteiger partial charge on any atom is -0.461 e. The van der Waals surface area contributed by atoms with Gasteiger partial charge >= 0.3 is 5.97 Å². The summed E-state index contributed by atoms with van der Waals surface area (Å²) in [6, 6.07) is 14.3. The zero-order chi connectivity index (χ0) is 24.9. The number of hydrogen-bond acceptors (Lipinski definition) is 9. The van der Waals surface area contributed by atoms with Gasteiger partial charge in [-0.05, 0) is 29.8 Å². The van der Waals surface area contributed by atoms with Gasteiger partial charge in [0, 0.05) is 37.2 Å². The maximum absolute atomic E-state index is 12.1. The minimum absolute atomic E-state index is 0.0889. The standard InChI is InChI=1S/C25H24N6O4/c1-4-20(32)34-14-15-5-7-17(8-6-15)23-29-30-24(35-23)21-22(26)27-13-19(28-21)16-9-11-18(12-10-16)25(33)31(2)3/h5-13H,4,14H2,1-3H3,(H2,26,27). The lowest BCUT2D eigenvalue weighted by Gasteiger charge is -2.10. The molecular formula is C25H24N6O4. The average molecular weight is 473 g/mol. The van der Waals surface area contributed by atoms with Crippen molar-refractivity contribution in [2.75, 3.05) is 19.8 Å². The molecule has 2 aromatic carbocycles. The Morgan fingerprint density at radius 2 is 1.63 bits per heavy atom. The van der Waals surface area contributed by atoms with Crippen LogP contribution in [0.25, 0.3) is 34.3 Å². The van der Waals surface area contributed by atoms with Crippen molar-refractivity contribution in [1.82, 2.24) is 25.1 Å². The Morgan fingerprint density at radius 1 is 0.971 bits per heavy atom. The Labute approximate surface area is 201 Å². The Hall–Kier alpha value is -4.60. The molecule has 2 aromatic heterocycles. The fourth-order valence-corrected chi connectivity index (χ4v) is 3.18. The molecule has 1 amide bonds. The van der Waals surface area contributed by atoms with E-state index >= 15 is 0 Å². The smallest absolute Gasteiger partial charge is 0.305 e. The van der Waals surface area contributed by atoms with Crippen LogP contribution in [0.3, 0.4) is 0 Å². The summed E-state index contributed by atoms with van der Waals surface area (Å²) in [6.07, 6.45) is 1.88. The van der Waals surface area contributed by atoms with Gasteiger partial charge in [-0.2, -0.15) is 0 Å². The molecule has 2 heterocycles. The van der Waals surface area contributed by atoms with Crippen molar-refractivity contribution in [3.63, 3.8) is 0 Å². The van der Waals surface area contributed by atoms with Crippen molar-refractivity contribution >= 4 is 17.7 Å². The lowest BCUT2D eigenvalue weighted by Crippen LogP contribution is -2.21. The lowest BCUT2D eigenvalue weighted by atomic mass is 10.1. The molecule has 0 aliphatic rings. The maximum Gasteiger partial charge on any atom is 0.305 e. The highest BCUT2D eigenvalue weighted by Crippen LogP contribution is 2.28. The number of hydrogen-bond donors (Lipinski definition) is 1. The van der Waals surface area contributed by atoms with Crippen LogP contribution in [-0.4, -0.2) is 51.0 Å². The van der Waals surface area contributed by atoms with Gasteiger partial charge in [0.25, 0.3) is 11.8 Å². The molecule has 0 spiro atoms. The summed E-state index contributed by atoms with van der Waals surface area (Å²) in [4.78, 5) is 33.7. The van der Waals surface area contributed by atoms with E-state index in [4.69, 9.17) is 14.9 Å². The second-order valence-electron chi connectivity index (χ2n) is 7.89. The first-order valence-corrected chi connectivity index (χ1v) is 10.9. The van der Waals surface area contributed by atoms with Crippen molar-refractivity contribution in [2.45, 2.75) is 20.0 Å². The number of ether oxygens (including phenoxy) is 1. The van der Waals surface area contributed by atoms with E-state index in [1.807, 2.05) is 12.1 Å². The molecule has 0 bridgehead atoms. The van der Waals surface area contributed by atoms with Gasteiger partial charge in [0.2, 0.25) is 5.89 Å². The van der Waals surface area contributed by atoms with Crippen molar-refractivity contribution in [2.24, 2.45) is 0 Å². The summed E-state index contributed by atoms with van der Waals surface area (Å²) in [7, 11) is 3.40. The first-order valence-electron chi connectivity index (χ1n) is 10.9. The molecule has 0 unspecified atom stereocenters. The van der Waals surface area contributed by atoms with Crippen LogP contribution in [0.15, 0.2) is 59.1 Å². The Morgan fingerprint density at radius 3 is 2.29 bits per heavy atom. The van der Waals surface area contributed by atoms with E-state index in [0.29, 0.717) is 23.2 Å². The summed E-state index contributed by atoms with van der Waals surface area (Å²) < 4.78 is 11.0. The van der Waals surface area contributed by atoms with Crippen molar-refractivity contribution < 1.29 is 18.7 Å². The minimum atomic E-state index is -0.255. The second-order valence-corrected chi connectivity index (χ2v) is 7.89. The summed E-state index contributed by atoms with van der Waals surface area (Å²) in [5, 5.41) is 8.19. The molecule has 2 N–H and O–H groups in total. The topological polar surface area (TPSA) is 137 Å². The predicted molar refractivity (Wildman–Crippen MR) is 129 cm³/mol. The fourth-order valence-electron chi connectivity index (χ4n) is 3.18. The molecule has 35 heavy (non-hydrogen) atoms. The van der Waals surface area contributed by atoms with Crippen LogP contribution >= 0.6 is 0 Å². The Bertz CT molecular complexity index is 1350. The van der Waals surface area contributed by atoms with Crippen LogP contribution < -0.4 is 5.73 Å². The quantitative estimate of drug-likeness (QED) is 0.400. The van der Waals surface area contributed by atoms with Crippen LogP contribution in [-0.2, 0) is 16.1 Å². The first kappa shape index (κ1) is 23.6. The highest BCUT2D eigenvalue weighted by molar-refractivity contribution is 5.94. The summed E-state index contributed by atoms with van der Waals surface area (Å²) in [6.45, 7) is 1.95. The van der Waals surface area contributed by atoms with Gasteiger partial charge in [-0.25, -0.2) is 9.97 Å². The number of nitrogen functional groups attached to an aromatic ring is 1. The third-order valence-electron chi connectivity index (χ3n) is 5.15. The van der Waals surface area contributed by atoms with Gasteiger partial charge in [-0.15, -0.1) is 10.2 Å². The molecule has 178 valence electrons. The van der Waals surface area contributed by atoms with E-state index in [-0.39, 0.29) is 41.8 Å². The van der Waals surface area contributed by atoms with Gasteiger partial charge in [0.1, 0.15) is 6.61 Å². The van der Waals surface area contributed by atoms with Crippen LogP contribution in [0.1, 0.15) is 29.3 Å². The Kier molecular flexibility index (Phi) is 6.81. The Balaban J connectivity index is 1.55. The van der Waals surface area contributed by atoms with Gasteiger partial charge in [0.15, 0.2) is 11.5 Å². The molecule has 0 saturated heterocycles.